The number of hydrogen-bond acceptors (Lipinski definition) is 4. The lowest BCUT2D eigenvalue weighted by atomic mass is 10.1. The van der Waals surface area contributed by atoms with Gasteiger partial charge in [-0.15, -0.1) is 0 Å². The van der Waals surface area contributed by atoms with Crippen molar-refractivity contribution >= 4 is 15.7 Å². The summed E-state index contributed by atoms with van der Waals surface area (Å²) in [5.41, 5.74) is 0.861. The Morgan fingerprint density at radius 3 is 2.42 bits per heavy atom. The second kappa shape index (κ2) is 7.13. The zero-order valence-electron chi connectivity index (χ0n) is 11.2. The fourth-order valence-corrected chi connectivity index (χ4v) is 1.97. The van der Waals surface area contributed by atoms with Crippen molar-refractivity contribution in [3.8, 4) is 5.75 Å². The van der Waals surface area contributed by atoms with Gasteiger partial charge in [0.05, 0.1) is 18.8 Å². The standard InChI is InChI=1S/C13H19NO4S/c1-3-18-12-6-4-11(5-7-12)10-13(15)14-8-9-19(2,16)17/h4-7H,3,8-10H2,1-2H3,(H,14,15). The lowest BCUT2D eigenvalue weighted by Gasteiger charge is -2.06. The van der Waals surface area contributed by atoms with Crippen LogP contribution in [0.2, 0.25) is 0 Å². The molecule has 1 N–H and O–H groups in total. The maximum absolute atomic E-state index is 11.6. The molecule has 0 aliphatic carbocycles. The van der Waals surface area contributed by atoms with Crippen molar-refractivity contribution in [3.63, 3.8) is 0 Å². The van der Waals surface area contributed by atoms with E-state index in [1.807, 2.05) is 31.2 Å². The van der Waals surface area contributed by atoms with Crippen LogP contribution in [0.3, 0.4) is 0 Å². The van der Waals surface area contributed by atoms with Crippen molar-refractivity contribution in [2.45, 2.75) is 13.3 Å². The summed E-state index contributed by atoms with van der Waals surface area (Å²) in [5.74, 6) is 0.540. The molecule has 0 fully saturated rings. The minimum Gasteiger partial charge on any atom is -0.494 e. The maximum Gasteiger partial charge on any atom is 0.224 e. The number of ether oxygens (including phenoxy) is 1. The van der Waals surface area contributed by atoms with E-state index in [-0.39, 0.29) is 24.6 Å². The number of carbonyl (C=O) groups is 1. The minimum absolute atomic E-state index is 0.0397. The third-order valence-electron chi connectivity index (χ3n) is 2.39. The number of nitrogens with one attached hydrogen (secondary N) is 1. The van der Waals surface area contributed by atoms with E-state index in [0.29, 0.717) is 6.61 Å². The third-order valence-corrected chi connectivity index (χ3v) is 3.34. The average molecular weight is 285 g/mol. The Labute approximate surface area is 113 Å². The van der Waals surface area contributed by atoms with Gasteiger partial charge in [-0.1, -0.05) is 12.1 Å². The summed E-state index contributed by atoms with van der Waals surface area (Å²) in [6.07, 6.45) is 1.38. The van der Waals surface area contributed by atoms with E-state index >= 15 is 0 Å². The van der Waals surface area contributed by atoms with Crippen LogP contribution in [-0.2, 0) is 21.1 Å². The molecule has 0 saturated carbocycles. The van der Waals surface area contributed by atoms with Crippen LogP contribution in [0.5, 0.6) is 5.75 Å². The Morgan fingerprint density at radius 1 is 1.26 bits per heavy atom. The quantitative estimate of drug-likeness (QED) is 0.804. The van der Waals surface area contributed by atoms with Crippen molar-refractivity contribution in [1.82, 2.24) is 5.32 Å². The number of benzene rings is 1. The van der Waals surface area contributed by atoms with Gasteiger partial charge in [-0.2, -0.15) is 0 Å². The first-order valence-corrected chi connectivity index (χ1v) is 8.13. The number of hydrogen-bond donors (Lipinski definition) is 1. The molecular formula is C13H19NO4S. The molecule has 19 heavy (non-hydrogen) atoms. The lowest BCUT2D eigenvalue weighted by molar-refractivity contribution is -0.120. The topological polar surface area (TPSA) is 72.5 Å². The van der Waals surface area contributed by atoms with Crippen LogP contribution < -0.4 is 10.1 Å². The highest BCUT2D eigenvalue weighted by Crippen LogP contribution is 2.12. The predicted molar refractivity (Wildman–Crippen MR) is 74.0 cm³/mol. The van der Waals surface area contributed by atoms with Gasteiger partial charge in [0.25, 0.3) is 0 Å². The van der Waals surface area contributed by atoms with Crippen LogP contribution in [-0.4, -0.2) is 39.5 Å². The molecule has 106 valence electrons. The summed E-state index contributed by atoms with van der Waals surface area (Å²) in [6, 6.07) is 7.26. The van der Waals surface area contributed by atoms with Crippen molar-refractivity contribution in [2.75, 3.05) is 25.2 Å². The van der Waals surface area contributed by atoms with Crippen molar-refractivity contribution in [1.29, 1.82) is 0 Å². The number of carbonyl (C=O) groups excluding carboxylic acids is 1. The molecule has 0 bridgehead atoms. The predicted octanol–water partition coefficient (Wildman–Crippen LogP) is 0.789. The SMILES string of the molecule is CCOc1ccc(CC(=O)NCCS(C)(=O)=O)cc1. The number of rotatable bonds is 7. The summed E-state index contributed by atoms with van der Waals surface area (Å²) in [5, 5.41) is 2.58. The molecule has 0 saturated heterocycles. The molecule has 0 radical (unpaired) electrons. The summed E-state index contributed by atoms with van der Waals surface area (Å²) < 4.78 is 27.1. The van der Waals surface area contributed by atoms with Crippen LogP contribution in [0.1, 0.15) is 12.5 Å². The molecule has 0 aromatic heterocycles. The largest absolute Gasteiger partial charge is 0.494 e. The van der Waals surface area contributed by atoms with Gasteiger partial charge in [-0.3, -0.25) is 4.79 Å². The molecular weight excluding hydrogens is 266 g/mol. The van der Waals surface area contributed by atoms with Crippen molar-refractivity contribution < 1.29 is 17.9 Å². The maximum atomic E-state index is 11.6. The smallest absolute Gasteiger partial charge is 0.224 e. The van der Waals surface area contributed by atoms with Gasteiger partial charge in [0, 0.05) is 12.8 Å². The molecule has 1 aromatic carbocycles. The molecule has 0 aliphatic rings. The molecule has 0 spiro atoms. The first-order valence-electron chi connectivity index (χ1n) is 6.07. The molecule has 5 nitrogen and oxygen atoms in total. The van der Waals surface area contributed by atoms with Crippen LogP contribution in [0.4, 0.5) is 0 Å². The highest BCUT2D eigenvalue weighted by Gasteiger charge is 2.06. The van der Waals surface area contributed by atoms with Gasteiger partial charge >= 0.3 is 0 Å². The summed E-state index contributed by atoms with van der Waals surface area (Å²) in [7, 11) is -3.04. The molecule has 0 atom stereocenters. The zero-order valence-corrected chi connectivity index (χ0v) is 12.0. The van der Waals surface area contributed by atoms with Gasteiger partial charge in [0.1, 0.15) is 15.6 Å². The summed E-state index contributed by atoms with van der Waals surface area (Å²) in [6.45, 7) is 2.66. The Morgan fingerprint density at radius 2 is 1.89 bits per heavy atom. The molecule has 6 heteroatoms. The van der Waals surface area contributed by atoms with Crippen LogP contribution in [0, 0.1) is 0 Å². The van der Waals surface area contributed by atoms with E-state index in [1.54, 1.807) is 0 Å². The van der Waals surface area contributed by atoms with Gasteiger partial charge in [-0.05, 0) is 24.6 Å². The Balaban J connectivity index is 2.39. The lowest BCUT2D eigenvalue weighted by Crippen LogP contribution is -2.29. The Hall–Kier alpha value is -1.56. The first kappa shape index (κ1) is 15.5. The molecule has 1 aromatic rings. The van der Waals surface area contributed by atoms with Gasteiger partial charge in [0.15, 0.2) is 0 Å². The molecule has 0 aliphatic heterocycles. The van der Waals surface area contributed by atoms with Crippen LogP contribution in [0.25, 0.3) is 0 Å². The van der Waals surface area contributed by atoms with E-state index < -0.39 is 9.84 Å². The minimum atomic E-state index is -3.04. The zero-order chi connectivity index (χ0) is 14.3. The number of sulfone groups is 1. The van der Waals surface area contributed by atoms with E-state index in [1.165, 1.54) is 0 Å². The fourth-order valence-electron chi connectivity index (χ4n) is 1.49. The second-order valence-electron chi connectivity index (χ2n) is 4.23. The molecule has 0 unspecified atom stereocenters. The first-order chi connectivity index (χ1) is 8.90. The monoisotopic (exact) mass is 285 g/mol. The normalized spacial score (nSPS) is 11.1. The number of amides is 1. The van der Waals surface area contributed by atoms with E-state index in [4.69, 9.17) is 4.74 Å². The van der Waals surface area contributed by atoms with E-state index in [2.05, 4.69) is 5.32 Å². The van der Waals surface area contributed by atoms with E-state index in [9.17, 15) is 13.2 Å². The Bertz CT molecular complexity index is 508. The van der Waals surface area contributed by atoms with Crippen molar-refractivity contribution in [2.24, 2.45) is 0 Å². The van der Waals surface area contributed by atoms with Gasteiger partial charge < -0.3 is 10.1 Å². The van der Waals surface area contributed by atoms with Gasteiger partial charge in [-0.25, -0.2) is 8.42 Å². The second-order valence-corrected chi connectivity index (χ2v) is 6.49. The molecule has 1 rings (SSSR count). The highest BCUT2D eigenvalue weighted by molar-refractivity contribution is 7.90. The average Bonchev–Trinajstić information content (AvgIpc) is 2.30. The summed E-state index contributed by atoms with van der Waals surface area (Å²) >= 11 is 0. The van der Waals surface area contributed by atoms with Crippen LogP contribution >= 0.6 is 0 Å². The molecule has 0 heterocycles. The highest BCUT2D eigenvalue weighted by atomic mass is 32.2. The third kappa shape index (κ3) is 6.81. The van der Waals surface area contributed by atoms with Gasteiger partial charge in [0.2, 0.25) is 5.91 Å². The Kier molecular flexibility index (Phi) is 5.82. The fraction of sp³-hybridized carbons (Fsp3) is 0.462. The summed E-state index contributed by atoms with van der Waals surface area (Å²) in [4.78, 5) is 11.6. The molecule has 1 amide bonds. The van der Waals surface area contributed by atoms with Crippen molar-refractivity contribution in [3.05, 3.63) is 29.8 Å². The van der Waals surface area contributed by atoms with E-state index in [0.717, 1.165) is 17.6 Å². The van der Waals surface area contributed by atoms with Crippen LogP contribution in [0.15, 0.2) is 24.3 Å².